The van der Waals surface area contributed by atoms with Crippen LogP contribution < -0.4 is 10.6 Å². The summed E-state index contributed by atoms with van der Waals surface area (Å²) in [5.41, 5.74) is 0.282. The van der Waals surface area contributed by atoms with Gasteiger partial charge < -0.3 is 10.6 Å². The Kier molecular flexibility index (Phi) is 4.71. The van der Waals surface area contributed by atoms with Crippen LogP contribution in [0.15, 0.2) is 12.3 Å². The second kappa shape index (κ2) is 6.50. The van der Waals surface area contributed by atoms with Gasteiger partial charge in [0.1, 0.15) is 11.6 Å². The van der Waals surface area contributed by atoms with Crippen LogP contribution in [-0.4, -0.2) is 24.0 Å². The second-order valence-corrected chi connectivity index (χ2v) is 4.96. The molecule has 0 aromatic carbocycles. The average molecular weight is 265 g/mol. The van der Waals surface area contributed by atoms with Crippen molar-refractivity contribution in [2.24, 2.45) is 5.92 Å². The lowest BCUT2D eigenvalue weighted by atomic mass is 10.2. The number of carbonyl (C=O) groups excluding carboxylic acids is 1. The minimum atomic E-state index is -0.491. The molecule has 104 valence electrons. The molecule has 19 heavy (non-hydrogen) atoms. The predicted octanol–water partition coefficient (Wildman–Crippen LogP) is 2.57. The SMILES string of the molecule is CCCNc1ncc(F)cc1C(=O)NCCC1CC1. The Morgan fingerprint density at radius 3 is 2.95 bits per heavy atom. The van der Waals surface area contributed by atoms with Crippen molar-refractivity contribution in [1.82, 2.24) is 10.3 Å². The molecule has 0 spiro atoms. The van der Waals surface area contributed by atoms with E-state index in [2.05, 4.69) is 15.6 Å². The molecule has 0 bridgehead atoms. The number of nitrogens with one attached hydrogen (secondary N) is 2. The largest absolute Gasteiger partial charge is 0.369 e. The summed E-state index contributed by atoms with van der Waals surface area (Å²) in [5.74, 6) is 0.469. The number of rotatable bonds is 7. The van der Waals surface area contributed by atoms with E-state index >= 15 is 0 Å². The minimum Gasteiger partial charge on any atom is -0.369 e. The fraction of sp³-hybridized carbons (Fsp3) is 0.571. The van der Waals surface area contributed by atoms with Crippen LogP contribution in [0.4, 0.5) is 10.2 Å². The zero-order chi connectivity index (χ0) is 13.7. The third-order valence-corrected chi connectivity index (χ3v) is 3.18. The second-order valence-electron chi connectivity index (χ2n) is 4.96. The van der Waals surface area contributed by atoms with Gasteiger partial charge >= 0.3 is 0 Å². The summed E-state index contributed by atoms with van der Waals surface area (Å²) in [5, 5.41) is 5.87. The van der Waals surface area contributed by atoms with Crippen LogP contribution in [0.3, 0.4) is 0 Å². The fourth-order valence-corrected chi connectivity index (χ4v) is 1.89. The van der Waals surface area contributed by atoms with Gasteiger partial charge in [0.15, 0.2) is 0 Å². The Balaban J connectivity index is 1.97. The molecule has 1 aromatic rings. The van der Waals surface area contributed by atoms with Gasteiger partial charge in [0.25, 0.3) is 5.91 Å². The summed E-state index contributed by atoms with van der Waals surface area (Å²) in [6, 6.07) is 1.23. The number of hydrogen-bond acceptors (Lipinski definition) is 3. The fourth-order valence-electron chi connectivity index (χ4n) is 1.89. The standard InChI is InChI=1S/C14H20FN3O/c1-2-6-16-13-12(8-11(15)9-18-13)14(19)17-7-5-10-3-4-10/h8-10H,2-7H2,1H3,(H,16,18)(H,17,19). The van der Waals surface area contributed by atoms with Crippen molar-refractivity contribution in [3.8, 4) is 0 Å². The van der Waals surface area contributed by atoms with Gasteiger partial charge in [-0.2, -0.15) is 0 Å². The van der Waals surface area contributed by atoms with E-state index < -0.39 is 5.82 Å². The molecular formula is C14H20FN3O. The van der Waals surface area contributed by atoms with Gasteiger partial charge in [0, 0.05) is 13.1 Å². The van der Waals surface area contributed by atoms with Crippen molar-refractivity contribution in [3.63, 3.8) is 0 Å². The molecule has 1 heterocycles. The smallest absolute Gasteiger partial charge is 0.255 e. The van der Waals surface area contributed by atoms with E-state index in [0.717, 1.165) is 25.0 Å². The van der Waals surface area contributed by atoms with Gasteiger partial charge in [0.2, 0.25) is 0 Å². The summed E-state index contributed by atoms with van der Waals surface area (Å²) >= 11 is 0. The first-order chi connectivity index (χ1) is 9.20. The Bertz CT molecular complexity index is 446. The highest BCUT2D eigenvalue weighted by Gasteiger charge is 2.21. The van der Waals surface area contributed by atoms with Gasteiger partial charge in [-0.25, -0.2) is 9.37 Å². The van der Waals surface area contributed by atoms with Gasteiger partial charge in [-0.15, -0.1) is 0 Å². The van der Waals surface area contributed by atoms with Crippen LogP contribution in [0, 0.1) is 11.7 Å². The Labute approximate surface area is 112 Å². The molecule has 1 fully saturated rings. The van der Waals surface area contributed by atoms with Gasteiger partial charge in [-0.3, -0.25) is 4.79 Å². The quantitative estimate of drug-likeness (QED) is 0.796. The summed E-state index contributed by atoms with van der Waals surface area (Å²) in [4.78, 5) is 16.0. The van der Waals surface area contributed by atoms with Crippen LogP contribution in [0.25, 0.3) is 0 Å². The number of aromatic nitrogens is 1. The van der Waals surface area contributed by atoms with E-state index in [4.69, 9.17) is 0 Å². The average Bonchev–Trinajstić information content (AvgIpc) is 3.21. The maximum absolute atomic E-state index is 13.2. The van der Waals surface area contributed by atoms with Crippen LogP contribution >= 0.6 is 0 Å². The van der Waals surface area contributed by atoms with E-state index in [9.17, 15) is 9.18 Å². The first kappa shape index (κ1) is 13.8. The molecule has 5 heteroatoms. The maximum atomic E-state index is 13.2. The number of nitrogens with zero attached hydrogens (tertiary/aromatic N) is 1. The molecule has 2 N–H and O–H groups in total. The zero-order valence-corrected chi connectivity index (χ0v) is 11.2. The predicted molar refractivity (Wildman–Crippen MR) is 72.6 cm³/mol. The third kappa shape index (κ3) is 4.19. The molecule has 1 aromatic heterocycles. The molecule has 1 aliphatic carbocycles. The number of carbonyl (C=O) groups is 1. The highest BCUT2D eigenvalue weighted by atomic mass is 19.1. The molecule has 2 rings (SSSR count). The van der Waals surface area contributed by atoms with Crippen molar-refractivity contribution in [3.05, 3.63) is 23.6 Å². The molecule has 0 saturated heterocycles. The summed E-state index contributed by atoms with van der Waals surface area (Å²) in [7, 11) is 0. The van der Waals surface area contributed by atoms with Gasteiger partial charge in [-0.05, 0) is 24.8 Å². The number of amides is 1. The minimum absolute atomic E-state index is 0.258. The number of halogens is 1. The Hall–Kier alpha value is -1.65. The number of pyridine rings is 1. The van der Waals surface area contributed by atoms with Gasteiger partial charge in [0.05, 0.1) is 11.8 Å². The van der Waals surface area contributed by atoms with Crippen molar-refractivity contribution < 1.29 is 9.18 Å². The van der Waals surface area contributed by atoms with Crippen LogP contribution in [0.5, 0.6) is 0 Å². The molecule has 1 saturated carbocycles. The van der Waals surface area contributed by atoms with Crippen molar-refractivity contribution in [1.29, 1.82) is 0 Å². The maximum Gasteiger partial charge on any atom is 0.255 e. The Morgan fingerprint density at radius 1 is 1.47 bits per heavy atom. The van der Waals surface area contributed by atoms with Crippen molar-refractivity contribution >= 4 is 11.7 Å². The molecule has 0 radical (unpaired) electrons. The van der Waals surface area contributed by atoms with E-state index in [1.165, 1.54) is 18.9 Å². The molecule has 4 nitrogen and oxygen atoms in total. The summed E-state index contributed by atoms with van der Waals surface area (Å²) in [6.45, 7) is 3.38. The topological polar surface area (TPSA) is 54.0 Å². The van der Waals surface area contributed by atoms with E-state index in [0.29, 0.717) is 18.9 Å². The van der Waals surface area contributed by atoms with Crippen molar-refractivity contribution in [2.75, 3.05) is 18.4 Å². The van der Waals surface area contributed by atoms with Crippen LogP contribution in [-0.2, 0) is 0 Å². The molecular weight excluding hydrogens is 245 g/mol. The molecule has 1 amide bonds. The Morgan fingerprint density at radius 2 is 2.26 bits per heavy atom. The normalized spacial score (nSPS) is 14.2. The number of hydrogen-bond donors (Lipinski definition) is 2. The number of anilines is 1. The van der Waals surface area contributed by atoms with E-state index in [1.54, 1.807) is 0 Å². The lowest BCUT2D eigenvalue weighted by Gasteiger charge is -2.10. The van der Waals surface area contributed by atoms with Gasteiger partial charge in [-0.1, -0.05) is 19.8 Å². The summed E-state index contributed by atoms with van der Waals surface area (Å²) < 4.78 is 13.2. The molecule has 0 unspecified atom stereocenters. The van der Waals surface area contributed by atoms with E-state index in [1.807, 2.05) is 6.92 Å². The van der Waals surface area contributed by atoms with Crippen LogP contribution in [0.2, 0.25) is 0 Å². The lowest BCUT2D eigenvalue weighted by molar-refractivity contribution is 0.0952. The lowest BCUT2D eigenvalue weighted by Crippen LogP contribution is -2.26. The molecule has 0 aliphatic heterocycles. The highest BCUT2D eigenvalue weighted by molar-refractivity contribution is 5.98. The highest BCUT2D eigenvalue weighted by Crippen LogP contribution is 2.31. The monoisotopic (exact) mass is 265 g/mol. The molecule has 0 atom stereocenters. The van der Waals surface area contributed by atoms with E-state index in [-0.39, 0.29) is 11.5 Å². The first-order valence-corrected chi connectivity index (χ1v) is 6.88. The van der Waals surface area contributed by atoms with Crippen LogP contribution in [0.1, 0.15) is 43.0 Å². The first-order valence-electron chi connectivity index (χ1n) is 6.88. The van der Waals surface area contributed by atoms with Crippen molar-refractivity contribution in [2.45, 2.75) is 32.6 Å². The zero-order valence-electron chi connectivity index (χ0n) is 11.2. The third-order valence-electron chi connectivity index (χ3n) is 3.18. The molecule has 1 aliphatic rings. The summed E-state index contributed by atoms with van der Waals surface area (Å²) in [6.07, 6.45) is 5.58.